The Labute approximate surface area is 171 Å². The van der Waals surface area contributed by atoms with E-state index in [1.54, 1.807) is 25.1 Å². The number of furan rings is 1. The summed E-state index contributed by atoms with van der Waals surface area (Å²) < 4.78 is 53.6. The van der Waals surface area contributed by atoms with Crippen LogP contribution >= 0.6 is 0 Å². The summed E-state index contributed by atoms with van der Waals surface area (Å²) in [5, 5.41) is 9.36. The van der Waals surface area contributed by atoms with Crippen LogP contribution in [0.25, 0.3) is 11.0 Å². The minimum absolute atomic E-state index is 0.0206. The van der Waals surface area contributed by atoms with Crippen molar-refractivity contribution in [3.63, 3.8) is 0 Å². The van der Waals surface area contributed by atoms with E-state index in [1.165, 1.54) is 12.1 Å². The van der Waals surface area contributed by atoms with Gasteiger partial charge in [-0.3, -0.25) is 4.79 Å². The van der Waals surface area contributed by atoms with Crippen LogP contribution in [-0.2, 0) is 17.8 Å². The lowest BCUT2D eigenvalue weighted by atomic mass is 9.99. The number of aryl methyl sites for hydroxylation is 2. The number of halogens is 3. The number of alkyl halides is 3. The Morgan fingerprint density at radius 1 is 1.07 bits per heavy atom. The molecule has 1 heterocycles. The van der Waals surface area contributed by atoms with Crippen LogP contribution in [0.5, 0.6) is 11.5 Å². The summed E-state index contributed by atoms with van der Waals surface area (Å²) >= 11 is 0. The van der Waals surface area contributed by atoms with Crippen molar-refractivity contribution in [2.45, 2.75) is 46.6 Å². The van der Waals surface area contributed by atoms with Gasteiger partial charge in [0.15, 0.2) is 0 Å². The van der Waals surface area contributed by atoms with Gasteiger partial charge in [0, 0.05) is 17.4 Å². The van der Waals surface area contributed by atoms with Gasteiger partial charge in [-0.15, -0.1) is 13.2 Å². The van der Waals surface area contributed by atoms with Crippen LogP contribution in [0.3, 0.4) is 0 Å². The highest BCUT2D eigenvalue weighted by Crippen LogP contribution is 2.33. The van der Waals surface area contributed by atoms with Gasteiger partial charge in [-0.1, -0.05) is 6.07 Å². The quantitative estimate of drug-likeness (QED) is 0.517. The normalized spacial score (nSPS) is 11.7. The molecule has 1 N–H and O–H groups in total. The van der Waals surface area contributed by atoms with Crippen molar-refractivity contribution in [1.82, 2.24) is 0 Å². The third-order valence-electron chi connectivity index (χ3n) is 4.86. The summed E-state index contributed by atoms with van der Waals surface area (Å²) in [4.78, 5) is 10.8. The second kappa shape index (κ2) is 8.30. The molecule has 30 heavy (non-hydrogen) atoms. The standard InChI is InChI=1S/C22H21F3O5/c1-12-8-16-9-18(30-22(23,24)25)10-17(21(16)29-12)11-28-19-6-4-15(5-7-20(26)27)13(2)14(19)3/h4,6,8-10H,5,7,11H2,1-3H3,(H,26,27). The number of carboxylic acid groups (broad SMARTS) is 1. The zero-order valence-corrected chi connectivity index (χ0v) is 16.7. The predicted octanol–water partition coefficient (Wildman–Crippen LogP) is 5.85. The van der Waals surface area contributed by atoms with Crippen LogP contribution in [0, 0.1) is 20.8 Å². The maximum absolute atomic E-state index is 12.7. The number of carboxylic acids is 1. The predicted molar refractivity (Wildman–Crippen MR) is 104 cm³/mol. The Morgan fingerprint density at radius 2 is 1.80 bits per heavy atom. The van der Waals surface area contributed by atoms with Crippen molar-refractivity contribution in [2.24, 2.45) is 0 Å². The van der Waals surface area contributed by atoms with Crippen LogP contribution < -0.4 is 9.47 Å². The number of fused-ring (bicyclic) bond motifs is 1. The smallest absolute Gasteiger partial charge is 0.488 e. The van der Waals surface area contributed by atoms with Crippen molar-refractivity contribution in [1.29, 1.82) is 0 Å². The maximum atomic E-state index is 12.7. The molecule has 0 fully saturated rings. The molecule has 0 aliphatic carbocycles. The molecule has 0 atom stereocenters. The van der Waals surface area contributed by atoms with Crippen molar-refractivity contribution in [3.05, 3.63) is 58.3 Å². The third-order valence-corrected chi connectivity index (χ3v) is 4.86. The highest BCUT2D eigenvalue weighted by molar-refractivity contribution is 5.83. The molecule has 0 saturated heterocycles. The van der Waals surface area contributed by atoms with Gasteiger partial charge in [0.25, 0.3) is 0 Å². The third kappa shape index (κ3) is 5.06. The van der Waals surface area contributed by atoms with Crippen LogP contribution in [-0.4, -0.2) is 17.4 Å². The Hall–Kier alpha value is -3.16. The first kappa shape index (κ1) is 21.5. The Morgan fingerprint density at radius 3 is 2.47 bits per heavy atom. The molecule has 3 aromatic rings. The van der Waals surface area contributed by atoms with Crippen molar-refractivity contribution in [3.8, 4) is 11.5 Å². The van der Waals surface area contributed by atoms with Crippen LogP contribution in [0.4, 0.5) is 13.2 Å². The lowest BCUT2D eigenvalue weighted by molar-refractivity contribution is -0.274. The summed E-state index contributed by atoms with van der Waals surface area (Å²) in [5.74, 6) is -0.0900. The highest BCUT2D eigenvalue weighted by atomic mass is 19.4. The molecule has 2 aromatic carbocycles. The lowest BCUT2D eigenvalue weighted by Crippen LogP contribution is -2.17. The SMILES string of the molecule is Cc1cc2cc(OC(F)(F)F)cc(COc3ccc(CCC(=O)O)c(C)c3C)c2o1. The lowest BCUT2D eigenvalue weighted by Gasteiger charge is -2.15. The average molecular weight is 422 g/mol. The fourth-order valence-corrected chi connectivity index (χ4v) is 3.30. The summed E-state index contributed by atoms with van der Waals surface area (Å²) in [6, 6.07) is 7.70. The number of carbonyl (C=O) groups is 1. The number of hydrogen-bond donors (Lipinski definition) is 1. The van der Waals surface area contributed by atoms with Gasteiger partial charge in [-0.2, -0.15) is 0 Å². The average Bonchev–Trinajstić information content (AvgIpc) is 3.00. The minimum Gasteiger partial charge on any atom is -0.488 e. The zero-order valence-electron chi connectivity index (χ0n) is 16.7. The Bertz CT molecular complexity index is 1080. The van der Waals surface area contributed by atoms with Gasteiger partial charge >= 0.3 is 12.3 Å². The van der Waals surface area contributed by atoms with E-state index >= 15 is 0 Å². The van der Waals surface area contributed by atoms with E-state index in [0.29, 0.717) is 34.5 Å². The molecule has 0 amide bonds. The first-order valence-electron chi connectivity index (χ1n) is 9.26. The van der Waals surface area contributed by atoms with Crippen molar-refractivity contribution < 1.29 is 37.0 Å². The number of hydrogen-bond acceptors (Lipinski definition) is 4. The van der Waals surface area contributed by atoms with E-state index in [0.717, 1.165) is 16.7 Å². The van der Waals surface area contributed by atoms with Gasteiger partial charge in [-0.05, 0) is 68.1 Å². The van der Waals surface area contributed by atoms with E-state index in [-0.39, 0.29) is 18.8 Å². The summed E-state index contributed by atoms with van der Waals surface area (Å²) in [5.41, 5.74) is 3.53. The molecule has 160 valence electrons. The van der Waals surface area contributed by atoms with Gasteiger partial charge in [0.05, 0.1) is 0 Å². The van der Waals surface area contributed by atoms with Crippen LogP contribution in [0.1, 0.15) is 34.4 Å². The molecule has 0 aliphatic heterocycles. The second-order valence-electron chi connectivity index (χ2n) is 7.06. The summed E-state index contributed by atoms with van der Waals surface area (Å²) in [6.45, 7) is 5.42. The van der Waals surface area contributed by atoms with Gasteiger partial charge in [0.2, 0.25) is 0 Å². The molecular weight excluding hydrogens is 401 g/mol. The summed E-state index contributed by atoms with van der Waals surface area (Å²) in [7, 11) is 0. The van der Waals surface area contributed by atoms with Gasteiger partial charge in [0.1, 0.15) is 29.4 Å². The van der Waals surface area contributed by atoms with Crippen LogP contribution in [0.15, 0.2) is 34.7 Å². The van der Waals surface area contributed by atoms with E-state index < -0.39 is 12.3 Å². The zero-order chi connectivity index (χ0) is 22.1. The molecule has 0 radical (unpaired) electrons. The number of benzene rings is 2. The largest absolute Gasteiger partial charge is 0.573 e. The Kier molecular flexibility index (Phi) is 5.96. The first-order valence-corrected chi connectivity index (χ1v) is 9.26. The van der Waals surface area contributed by atoms with E-state index in [4.69, 9.17) is 14.3 Å². The monoisotopic (exact) mass is 422 g/mol. The first-order chi connectivity index (χ1) is 14.0. The second-order valence-corrected chi connectivity index (χ2v) is 7.06. The maximum Gasteiger partial charge on any atom is 0.573 e. The number of ether oxygens (including phenoxy) is 2. The molecule has 8 heteroatoms. The number of aliphatic carboxylic acids is 1. The Balaban J connectivity index is 1.86. The van der Waals surface area contributed by atoms with E-state index in [1.807, 2.05) is 13.8 Å². The molecule has 0 saturated carbocycles. The molecule has 0 unspecified atom stereocenters. The van der Waals surface area contributed by atoms with Gasteiger partial charge < -0.3 is 19.0 Å². The molecule has 5 nitrogen and oxygen atoms in total. The molecule has 0 bridgehead atoms. The minimum atomic E-state index is -4.80. The summed E-state index contributed by atoms with van der Waals surface area (Å²) in [6.07, 6.45) is -4.36. The van der Waals surface area contributed by atoms with Gasteiger partial charge in [-0.25, -0.2) is 0 Å². The molecular formula is C22H21F3O5. The van der Waals surface area contributed by atoms with E-state index in [2.05, 4.69) is 4.74 Å². The van der Waals surface area contributed by atoms with E-state index in [9.17, 15) is 18.0 Å². The molecule has 1 aromatic heterocycles. The fourth-order valence-electron chi connectivity index (χ4n) is 3.30. The fraction of sp³-hybridized carbons (Fsp3) is 0.318. The number of rotatable bonds is 7. The molecule has 3 rings (SSSR count). The van der Waals surface area contributed by atoms with Crippen molar-refractivity contribution >= 4 is 16.9 Å². The molecule has 0 spiro atoms. The topological polar surface area (TPSA) is 68.9 Å². The van der Waals surface area contributed by atoms with Crippen LogP contribution in [0.2, 0.25) is 0 Å². The highest BCUT2D eigenvalue weighted by Gasteiger charge is 2.31. The molecule has 0 aliphatic rings. The van der Waals surface area contributed by atoms with Crippen molar-refractivity contribution in [2.75, 3.05) is 0 Å².